The Hall–Kier alpha value is -0.630. The molecule has 60 valence electrons. The minimum atomic E-state index is 0.320. The third-order valence-corrected chi connectivity index (χ3v) is 2.28. The van der Waals surface area contributed by atoms with Crippen molar-refractivity contribution in [2.75, 3.05) is 5.75 Å². The fourth-order valence-electron chi connectivity index (χ4n) is 0.908. The molecule has 0 fully saturated rings. The lowest BCUT2D eigenvalue weighted by molar-refractivity contribution is 0.475. The van der Waals surface area contributed by atoms with Crippen LogP contribution in [0.1, 0.15) is 18.4 Å². The van der Waals surface area contributed by atoms with E-state index in [1.807, 2.05) is 12.1 Å². The molecule has 1 N–H and O–H groups in total. The van der Waals surface area contributed by atoms with Crippen LogP contribution in [0.3, 0.4) is 0 Å². The summed E-state index contributed by atoms with van der Waals surface area (Å²) in [5, 5.41) is 8.99. The van der Waals surface area contributed by atoms with Crippen molar-refractivity contribution in [3.8, 4) is 5.75 Å². The number of rotatable bonds is 2. The fourth-order valence-corrected chi connectivity index (χ4v) is 1.12. The standard InChI is InChI=1S/C9H12OS/c1-7(6-11)8-2-4-9(10)5-3-8/h2-5,7,10-11H,6H2,1H3. The van der Waals surface area contributed by atoms with Gasteiger partial charge in [-0.3, -0.25) is 0 Å². The molecular formula is C9H12OS. The molecule has 1 rings (SSSR count). The van der Waals surface area contributed by atoms with Crippen LogP contribution in [-0.2, 0) is 0 Å². The van der Waals surface area contributed by atoms with Crippen LogP contribution in [0.5, 0.6) is 5.75 Å². The summed E-state index contributed by atoms with van der Waals surface area (Å²) in [7, 11) is 0. The Bertz CT molecular complexity index is 218. The summed E-state index contributed by atoms with van der Waals surface area (Å²) < 4.78 is 0. The highest BCUT2D eigenvalue weighted by atomic mass is 32.1. The number of phenols is 1. The molecule has 1 aromatic carbocycles. The Balaban J connectivity index is 2.81. The largest absolute Gasteiger partial charge is 0.508 e. The molecular weight excluding hydrogens is 156 g/mol. The number of aromatic hydroxyl groups is 1. The lowest BCUT2D eigenvalue weighted by Crippen LogP contribution is -1.93. The highest BCUT2D eigenvalue weighted by Gasteiger charge is 2.01. The molecule has 0 amide bonds. The van der Waals surface area contributed by atoms with Crippen molar-refractivity contribution in [2.24, 2.45) is 0 Å². The van der Waals surface area contributed by atoms with E-state index in [1.165, 1.54) is 5.56 Å². The number of hydrogen-bond acceptors (Lipinski definition) is 2. The maximum Gasteiger partial charge on any atom is 0.115 e. The topological polar surface area (TPSA) is 20.2 Å². The third kappa shape index (κ3) is 2.15. The van der Waals surface area contributed by atoms with Gasteiger partial charge in [-0.15, -0.1) is 0 Å². The van der Waals surface area contributed by atoms with Crippen LogP contribution in [0.4, 0.5) is 0 Å². The van der Waals surface area contributed by atoms with E-state index in [4.69, 9.17) is 5.11 Å². The SMILES string of the molecule is CC(CS)c1ccc(O)cc1. The normalized spacial score (nSPS) is 12.9. The zero-order valence-electron chi connectivity index (χ0n) is 6.49. The van der Waals surface area contributed by atoms with Crippen LogP contribution in [0.25, 0.3) is 0 Å². The number of thiol groups is 1. The van der Waals surface area contributed by atoms with Gasteiger partial charge in [0.15, 0.2) is 0 Å². The van der Waals surface area contributed by atoms with Gasteiger partial charge in [0, 0.05) is 0 Å². The zero-order valence-corrected chi connectivity index (χ0v) is 7.38. The van der Waals surface area contributed by atoms with Crippen LogP contribution in [0.15, 0.2) is 24.3 Å². The first-order valence-electron chi connectivity index (χ1n) is 3.64. The van der Waals surface area contributed by atoms with E-state index in [0.717, 1.165) is 5.75 Å². The molecule has 1 atom stereocenters. The van der Waals surface area contributed by atoms with E-state index in [1.54, 1.807) is 12.1 Å². The van der Waals surface area contributed by atoms with Crippen molar-refractivity contribution >= 4 is 12.6 Å². The Labute approximate surface area is 72.5 Å². The van der Waals surface area contributed by atoms with Gasteiger partial charge in [0.1, 0.15) is 5.75 Å². The van der Waals surface area contributed by atoms with Crippen molar-refractivity contribution < 1.29 is 5.11 Å². The summed E-state index contributed by atoms with van der Waals surface area (Å²) in [5.41, 5.74) is 1.22. The van der Waals surface area contributed by atoms with E-state index in [0.29, 0.717) is 11.7 Å². The maximum absolute atomic E-state index is 8.99. The summed E-state index contributed by atoms with van der Waals surface area (Å²) in [4.78, 5) is 0. The van der Waals surface area contributed by atoms with Crippen LogP contribution < -0.4 is 0 Å². The molecule has 2 heteroatoms. The average molecular weight is 168 g/mol. The summed E-state index contributed by atoms with van der Waals surface area (Å²) in [6.07, 6.45) is 0. The first kappa shape index (κ1) is 8.47. The lowest BCUT2D eigenvalue weighted by atomic mass is 10.0. The van der Waals surface area contributed by atoms with Gasteiger partial charge in [-0.2, -0.15) is 12.6 Å². The van der Waals surface area contributed by atoms with Crippen LogP contribution in [0.2, 0.25) is 0 Å². The predicted octanol–water partition coefficient (Wildman–Crippen LogP) is 2.43. The molecule has 0 aliphatic heterocycles. The lowest BCUT2D eigenvalue weighted by Gasteiger charge is -2.07. The van der Waals surface area contributed by atoms with Crippen molar-refractivity contribution in [1.82, 2.24) is 0 Å². The molecule has 0 bridgehead atoms. The Morgan fingerprint density at radius 2 is 1.91 bits per heavy atom. The highest BCUT2D eigenvalue weighted by molar-refractivity contribution is 7.80. The smallest absolute Gasteiger partial charge is 0.115 e. The van der Waals surface area contributed by atoms with E-state index < -0.39 is 0 Å². The van der Waals surface area contributed by atoms with Crippen LogP contribution in [0, 0.1) is 0 Å². The quantitative estimate of drug-likeness (QED) is 0.650. The first-order chi connectivity index (χ1) is 5.24. The Morgan fingerprint density at radius 1 is 1.36 bits per heavy atom. The van der Waals surface area contributed by atoms with Gasteiger partial charge in [0.25, 0.3) is 0 Å². The maximum atomic E-state index is 8.99. The highest BCUT2D eigenvalue weighted by Crippen LogP contribution is 2.18. The van der Waals surface area contributed by atoms with Crippen molar-refractivity contribution in [3.63, 3.8) is 0 Å². The number of hydrogen-bond donors (Lipinski definition) is 2. The summed E-state index contributed by atoms with van der Waals surface area (Å²) >= 11 is 4.19. The average Bonchev–Trinajstić information content (AvgIpc) is 2.05. The summed E-state index contributed by atoms with van der Waals surface area (Å²) in [6.45, 7) is 2.11. The molecule has 1 nitrogen and oxygen atoms in total. The van der Waals surface area contributed by atoms with Crippen molar-refractivity contribution in [1.29, 1.82) is 0 Å². The molecule has 0 heterocycles. The van der Waals surface area contributed by atoms with E-state index >= 15 is 0 Å². The molecule has 0 aliphatic rings. The van der Waals surface area contributed by atoms with Gasteiger partial charge < -0.3 is 5.11 Å². The fraction of sp³-hybridized carbons (Fsp3) is 0.333. The molecule has 0 saturated carbocycles. The van der Waals surface area contributed by atoms with Gasteiger partial charge in [0.2, 0.25) is 0 Å². The molecule has 1 unspecified atom stereocenters. The summed E-state index contributed by atoms with van der Waals surface area (Å²) in [5.74, 6) is 1.61. The molecule has 0 aliphatic carbocycles. The molecule has 0 saturated heterocycles. The number of benzene rings is 1. The van der Waals surface area contributed by atoms with Gasteiger partial charge in [0.05, 0.1) is 0 Å². The Morgan fingerprint density at radius 3 is 2.36 bits per heavy atom. The van der Waals surface area contributed by atoms with Crippen LogP contribution >= 0.6 is 12.6 Å². The second-order valence-electron chi connectivity index (χ2n) is 2.68. The second kappa shape index (κ2) is 3.67. The molecule has 1 aromatic rings. The van der Waals surface area contributed by atoms with Crippen LogP contribution in [-0.4, -0.2) is 10.9 Å². The predicted molar refractivity (Wildman–Crippen MR) is 50.4 cm³/mol. The Kier molecular flexibility index (Phi) is 2.83. The zero-order chi connectivity index (χ0) is 8.27. The van der Waals surface area contributed by atoms with Gasteiger partial charge in [-0.25, -0.2) is 0 Å². The number of phenolic OH excluding ortho intramolecular Hbond substituents is 1. The minimum Gasteiger partial charge on any atom is -0.508 e. The van der Waals surface area contributed by atoms with E-state index in [9.17, 15) is 0 Å². The third-order valence-electron chi connectivity index (χ3n) is 1.74. The van der Waals surface area contributed by atoms with Gasteiger partial charge in [-0.1, -0.05) is 19.1 Å². The monoisotopic (exact) mass is 168 g/mol. The van der Waals surface area contributed by atoms with Crippen molar-refractivity contribution in [3.05, 3.63) is 29.8 Å². The van der Waals surface area contributed by atoms with E-state index in [2.05, 4.69) is 19.6 Å². The second-order valence-corrected chi connectivity index (χ2v) is 3.04. The van der Waals surface area contributed by atoms with Gasteiger partial charge in [-0.05, 0) is 29.4 Å². The molecule has 11 heavy (non-hydrogen) atoms. The molecule has 0 spiro atoms. The molecule has 0 radical (unpaired) electrons. The minimum absolute atomic E-state index is 0.320. The van der Waals surface area contributed by atoms with Crippen molar-refractivity contribution in [2.45, 2.75) is 12.8 Å². The van der Waals surface area contributed by atoms with E-state index in [-0.39, 0.29) is 0 Å². The van der Waals surface area contributed by atoms with Gasteiger partial charge >= 0.3 is 0 Å². The summed E-state index contributed by atoms with van der Waals surface area (Å²) in [6, 6.07) is 7.26. The first-order valence-corrected chi connectivity index (χ1v) is 4.27. The molecule has 0 aromatic heterocycles.